The lowest BCUT2D eigenvalue weighted by Gasteiger charge is -2.31. The molecule has 1 fully saturated rings. The number of fused-ring (bicyclic) bond motifs is 1. The average molecular weight is 481 g/mol. The zero-order valence-corrected chi connectivity index (χ0v) is 19.0. The highest BCUT2D eigenvalue weighted by Gasteiger charge is 2.35. The van der Waals surface area contributed by atoms with Crippen LogP contribution in [0.15, 0.2) is 53.4 Å². The number of nitrogens with zero attached hydrogens (tertiary/aromatic N) is 1. The third kappa shape index (κ3) is 5.24. The first-order chi connectivity index (χ1) is 15.7. The lowest BCUT2D eigenvalue weighted by atomic mass is 9.82. The minimum absolute atomic E-state index is 0.0887. The van der Waals surface area contributed by atoms with Gasteiger partial charge in [0.2, 0.25) is 15.9 Å². The molecule has 178 valence electrons. The van der Waals surface area contributed by atoms with Crippen molar-refractivity contribution in [1.29, 1.82) is 0 Å². The first-order valence-corrected chi connectivity index (χ1v) is 12.6. The third-order valence-corrected chi connectivity index (χ3v) is 8.53. The van der Waals surface area contributed by atoms with Crippen molar-refractivity contribution >= 4 is 15.9 Å². The monoisotopic (exact) mass is 480 g/mol. The summed E-state index contributed by atoms with van der Waals surface area (Å²) in [6.07, 6.45) is -0.778. The molecule has 0 saturated carbocycles. The standard InChI is InChI=1S/C24H27F3N2O3S/c25-24(26,27)20-8-4-9-21(15-20)33(31,32)29-13-11-18(12-14-29)23(30)28-16-19-7-3-6-17-5-1-2-10-22(17)19/h1-2,4-5,8-10,15,18-19H,3,6-7,11-14,16H2,(H,28,30). The van der Waals surface area contributed by atoms with Crippen molar-refractivity contribution in [2.75, 3.05) is 19.6 Å². The Hall–Kier alpha value is -2.39. The van der Waals surface area contributed by atoms with Gasteiger partial charge >= 0.3 is 6.18 Å². The maximum absolute atomic E-state index is 13.0. The number of rotatable bonds is 5. The summed E-state index contributed by atoms with van der Waals surface area (Å²) in [5.41, 5.74) is 1.62. The van der Waals surface area contributed by atoms with Gasteiger partial charge in [-0.3, -0.25) is 4.79 Å². The van der Waals surface area contributed by atoms with Crippen molar-refractivity contribution in [2.24, 2.45) is 5.92 Å². The van der Waals surface area contributed by atoms with Crippen LogP contribution >= 0.6 is 0 Å². The van der Waals surface area contributed by atoms with Crippen molar-refractivity contribution in [3.05, 3.63) is 65.2 Å². The summed E-state index contributed by atoms with van der Waals surface area (Å²) >= 11 is 0. The van der Waals surface area contributed by atoms with E-state index in [1.54, 1.807) is 0 Å². The second kappa shape index (κ2) is 9.46. The number of piperidine rings is 1. The van der Waals surface area contributed by atoms with Gasteiger partial charge in [-0.15, -0.1) is 0 Å². The van der Waals surface area contributed by atoms with Crippen LogP contribution in [0.3, 0.4) is 0 Å². The van der Waals surface area contributed by atoms with Crippen molar-refractivity contribution in [3.8, 4) is 0 Å². The molecule has 33 heavy (non-hydrogen) atoms. The molecule has 0 bridgehead atoms. The Morgan fingerprint density at radius 2 is 1.76 bits per heavy atom. The van der Waals surface area contributed by atoms with Crippen LogP contribution in [0, 0.1) is 5.92 Å². The zero-order chi connectivity index (χ0) is 23.6. The van der Waals surface area contributed by atoms with Gasteiger partial charge in [-0.1, -0.05) is 30.3 Å². The Morgan fingerprint density at radius 1 is 1.03 bits per heavy atom. The normalized spacial score (nSPS) is 20.3. The summed E-state index contributed by atoms with van der Waals surface area (Å²) in [5, 5.41) is 3.04. The topological polar surface area (TPSA) is 66.5 Å². The third-order valence-electron chi connectivity index (χ3n) is 6.64. The number of aryl methyl sites for hydroxylation is 1. The molecule has 1 amide bonds. The molecule has 0 spiro atoms. The lowest BCUT2D eigenvalue weighted by molar-refractivity contribution is -0.137. The highest BCUT2D eigenvalue weighted by molar-refractivity contribution is 7.89. The molecule has 5 nitrogen and oxygen atoms in total. The zero-order valence-electron chi connectivity index (χ0n) is 18.1. The predicted molar refractivity (Wildman–Crippen MR) is 118 cm³/mol. The summed E-state index contributed by atoms with van der Waals surface area (Å²) in [6.45, 7) is 0.754. The van der Waals surface area contributed by atoms with Gasteiger partial charge in [0, 0.05) is 31.5 Å². The predicted octanol–water partition coefficient (Wildman–Crippen LogP) is 4.34. The summed E-state index contributed by atoms with van der Waals surface area (Å²) < 4.78 is 65.8. The van der Waals surface area contributed by atoms with Crippen molar-refractivity contribution < 1.29 is 26.4 Å². The van der Waals surface area contributed by atoms with Crippen LogP contribution in [0.1, 0.15) is 48.3 Å². The number of amides is 1. The molecule has 1 atom stereocenters. The van der Waals surface area contributed by atoms with E-state index in [9.17, 15) is 26.4 Å². The maximum Gasteiger partial charge on any atom is 0.416 e. The minimum atomic E-state index is -4.62. The molecule has 1 N–H and O–H groups in total. The van der Waals surface area contributed by atoms with Gasteiger partial charge in [0.05, 0.1) is 10.5 Å². The maximum atomic E-state index is 13.0. The van der Waals surface area contributed by atoms with Crippen LogP contribution in [-0.4, -0.2) is 38.3 Å². The molecule has 2 aliphatic rings. The molecule has 0 aromatic heterocycles. The van der Waals surface area contributed by atoms with E-state index in [4.69, 9.17) is 0 Å². The molecule has 1 saturated heterocycles. The molecular formula is C24H27F3N2O3S. The van der Waals surface area contributed by atoms with Crippen LogP contribution in [0.4, 0.5) is 13.2 Å². The molecule has 2 aromatic carbocycles. The molecule has 0 radical (unpaired) electrons. The second-order valence-electron chi connectivity index (χ2n) is 8.74. The Balaban J connectivity index is 1.34. The number of hydrogen-bond donors (Lipinski definition) is 1. The van der Waals surface area contributed by atoms with Crippen LogP contribution in [0.25, 0.3) is 0 Å². The van der Waals surface area contributed by atoms with Crippen LogP contribution in [0.2, 0.25) is 0 Å². The fraction of sp³-hybridized carbons (Fsp3) is 0.458. The number of alkyl halides is 3. The van der Waals surface area contributed by atoms with Gasteiger partial charge in [0.1, 0.15) is 0 Å². The number of halogens is 3. The van der Waals surface area contributed by atoms with E-state index < -0.39 is 21.8 Å². The second-order valence-corrected chi connectivity index (χ2v) is 10.7. The number of hydrogen-bond acceptors (Lipinski definition) is 3. The van der Waals surface area contributed by atoms with Gasteiger partial charge in [0.25, 0.3) is 0 Å². The van der Waals surface area contributed by atoms with E-state index in [-0.39, 0.29) is 35.7 Å². The van der Waals surface area contributed by atoms with Gasteiger partial charge in [-0.25, -0.2) is 8.42 Å². The van der Waals surface area contributed by atoms with Gasteiger partial charge in [-0.2, -0.15) is 17.5 Å². The summed E-state index contributed by atoms with van der Waals surface area (Å²) in [6, 6.07) is 12.1. The van der Waals surface area contributed by atoms with Crippen LogP contribution < -0.4 is 5.32 Å². The van der Waals surface area contributed by atoms with E-state index in [1.807, 2.05) is 12.1 Å². The molecule has 4 rings (SSSR count). The Bertz CT molecular complexity index is 1110. The van der Waals surface area contributed by atoms with Crippen molar-refractivity contribution in [2.45, 2.75) is 49.1 Å². The molecule has 1 heterocycles. The van der Waals surface area contributed by atoms with E-state index in [0.29, 0.717) is 25.5 Å². The molecule has 9 heteroatoms. The first kappa shape index (κ1) is 23.8. The summed E-state index contributed by atoms with van der Waals surface area (Å²) in [4.78, 5) is 12.4. The SMILES string of the molecule is O=C(NCC1CCCc2ccccc21)C1CCN(S(=O)(=O)c2cccc(C(F)(F)F)c2)CC1. The highest BCUT2D eigenvalue weighted by atomic mass is 32.2. The van der Waals surface area contributed by atoms with Crippen LogP contribution in [0.5, 0.6) is 0 Å². The van der Waals surface area contributed by atoms with Gasteiger partial charge < -0.3 is 5.32 Å². The quantitative estimate of drug-likeness (QED) is 0.692. The molecule has 2 aromatic rings. The van der Waals surface area contributed by atoms with E-state index in [0.717, 1.165) is 31.4 Å². The molecule has 1 aliphatic heterocycles. The van der Waals surface area contributed by atoms with Crippen molar-refractivity contribution in [3.63, 3.8) is 0 Å². The Morgan fingerprint density at radius 3 is 2.48 bits per heavy atom. The van der Waals surface area contributed by atoms with Crippen molar-refractivity contribution in [1.82, 2.24) is 9.62 Å². The Labute approximate surface area is 192 Å². The van der Waals surface area contributed by atoms with Crippen LogP contribution in [-0.2, 0) is 27.4 Å². The van der Waals surface area contributed by atoms with E-state index >= 15 is 0 Å². The Kier molecular flexibility index (Phi) is 6.81. The fourth-order valence-corrected chi connectivity index (χ4v) is 6.29. The molecule has 1 unspecified atom stereocenters. The first-order valence-electron chi connectivity index (χ1n) is 11.2. The lowest BCUT2D eigenvalue weighted by Crippen LogP contribution is -2.43. The molecule has 1 aliphatic carbocycles. The summed E-state index contributed by atoms with van der Waals surface area (Å²) in [7, 11) is -4.06. The number of carbonyl (C=O) groups is 1. The number of sulfonamides is 1. The van der Waals surface area contributed by atoms with E-state index in [1.165, 1.54) is 21.5 Å². The fourth-order valence-electron chi connectivity index (χ4n) is 4.77. The largest absolute Gasteiger partial charge is 0.416 e. The van der Waals surface area contributed by atoms with E-state index in [2.05, 4.69) is 17.4 Å². The summed E-state index contributed by atoms with van der Waals surface area (Å²) in [5.74, 6) is -0.119. The van der Waals surface area contributed by atoms with Gasteiger partial charge in [-0.05, 0) is 61.4 Å². The van der Waals surface area contributed by atoms with Gasteiger partial charge in [0.15, 0.2) is 0 Å². The number of carbonyl (C=O) groups excluding carboxylic acids is 1. The number of nitrogens with one attached hydrogen (secondary N) is 1. The average Bonchev–Trinajstić information content (AvgIpc) is 2.82. The minimum Gasteiger partial charge on any atom is -0.355 e. The smallest absolute Gasteiger partial charge is 0.355 e. The molecular weight excluding hydrogens is 453 g/mol. The number of benzene rings is 2. The highest BCUT2D eigenvalue weighted by Crippen LogP contribution is 2.33.